The van der Waals surface area contributed by atoms with Gasteiger partial charge in [0.1, 0.15) is 11.6 Å². The zero-order valence-corrected chi connectivity index (χ0v) is 11.8. The quantitative estimate of drug-likeness (QED) is 0.718. The Hall–Kier alpha value is -1.63. The molecule has 0 spiro atoms. The Labute approximate surface area is 113 Å². The van der Waals surface area contributed by atoms with Gasteiger partial charge >= 0.3 is 0 Å². The first kappa shape index (κ1) is 13.4. The third-order valence-electron chi connectivity index (χ3n) is 2.24. The van der Waals surface area contributed by atoms with Gasteiger partial charge in [0.25, 0.3) is 0 Å². The predicted molar refractivity (Wildman–Crippen MR) is 58.4 cm³/mol. The molecule has 5 heteroatoms. The Morgan fingerprint density at radius 3 is 2.76 bits per heavy atom. The molecule has 17 heavy (non-hydrogen) atoms. The summed E-state index contributed by atoms with van der Waals surface area (Å²) < 4.78 is 6.78. The number of methoxy groups -OCH3 is 1. The van der Waals surface area contributed by atoms with Crippen molar-refractivity contribution >= 4 is 0 Å². The predicted octanol–water partition coefficient (Wildman–Crippen LogP) is 1.86. The van der Waals surface area contributed by atoms with Gasteiger partial charge in [0, 0.05) is 20.1 Å². The van der Waals surface area contributed by atoms with E-state index in [0.717, 1.165) is 5.69 Å². The fourth-order valence-corrected chi connectivity index (χ4v) is 1.50. The molecule has 0 unspecified atom stereocenters. The molecular formula is C12H10IrN3O-. The summed E-state index contributed by atoms with van der Waals surface area (Å²) in [6.07, 6.45) is 0. The minimum atomic E-state index is 0. The van der Waals surface area contributed by atoms with Gasteiger partial charge < -0.3 is 4.74 Å². The van der Waals surface area contributed by atoms with Crippen LogP contribution in [0, 0.1) is 24.3 Å². The van der Waals surface area contributed by atoms with Crippen molar-refractivity contribution in [1.29, 1.82) is 5.26 Å². The van der Waals surface area contributed by atoms with Crippen molar-refractivity contribution in [3.05, 3.63) is 41.6 Å². The van der Waals surface area contributed by atoms with Gasteiger partial charge in [-0.15, -0.1) is 6.07 Å². The number of nitriles is 1. The van der Waals surface area contributed by atoms with E-state index in [2.05, 4.69) is 17.2 Å². The number of hydrogen-bond acceptors (Lipinski definition) is 3. The first-order valence-corrected chi connectivity index (χ1v) is 4.78. The molecule has 0 saturated carbocycles. The van der Waals surface area contributed by atoms with Crippen LogP contribution in [0.25, 0.3) is 5.69 Å². The summed E-state index contributed by atoms with van der Waals surface area (Å²) in [5.41, 5.74) is 1.86. The van der Waals surface area contributed by atoms with Crippen LogP contribution in [0.15, 0.2) is 24.3 Å². The van der Waals surface area contributed by atoms with Gasteiger partial charge in [-0.2, -0.15) is 34.6 Å². The summed E-state index contributed by atoms with van der Waals surface area (Å²) >= 11 is 0. The smallest absolute Gasteiger partial charge is 0.233 e. The number of benzene rings is 1. The molecule has 0 N–H and O–H groups in total. The average molecular weight is 404 g/mol. The fraction of sp³-hybridized carbons (Fsp3) is 0.167. The molecule has 1 heterocycles. The molecule has 1 radical (unpaired) electrons. The first-order valence-electron chi connectivity index (χ1n) is 4.78. The van der Waals surface area contributed by atoms with E-state index in [1.807, 2.05) is 18.2 Å². The van der Waals surface area contributed by atoms with Crippen LogP contribution in [0.3, 0.4) is 0 Å². The monoisotopic (exact) mass is 405 g/mol. The first-order chi connectivity index (χ1) is 7.77. The maximum absolute atomic E-state index is 9.00. The topological polar surface area (TPSA) is 50.8 Å². The number of rotatable bonds is 2. The van der Waals surface area contributed by atoms with E-state index in [4.69, 9.17) is 10.00 Å². The van der Waals surface area contributed by atoms with Crippen LogP contribution in [0.1, 0.15) is 11.3 Å². The number of ether oxygens (including phenoxy) is 1. The summed E-state index contributed by atoms with van der Waals surface area (Å²) in [5, 5.41) is 13.3. The number of para-hydroxylation sites is 1. The van der Waals surface area contributed by atoms with Crippen molar-refractivity contribution in [3.63, 3.8) is 0 Å². The zero-order chi connectivity index (χ0) is 11.5. The van der Waals surface area contributed by atoms with E-state index in [0.29, 0.717) is 17.1 Å². The van der Waals surface area contributed by atoms with Gasteiger partial charge in [0.05, 0.1) is 12.8 Å². The Kier molecular flexibility index (Phi) is 4.44. The van der Waals surface area contributed by atoms with Crippen LogP contribution in [-0.4, -0.2) is 16.9 Å². The van der Waals surface area contributed by atoms with E-state index in [9.17, 15) is 0 Å². The van der Waals surface area contributed by atoms with Crippen molar-refractivity contribution in [2.75, 3.05) is 7.11 Å². The van der Waals surface area contributed by atoms with Crippen LogP contribution in [0.5, 0.6) is 5.88 Å². The molecule has 0 aliphatic rings. The zero-order valence-electron chi connectivity index (χ0n) is 9.39. The second-order valence-electron chi connectivity index (χ2n) is 3.24. The van der Waals surface area contributed by atoms with Gasteiger partial charge in [-0.05, 0) is 12.6 Å². The fourth-order valence-electron chi connectivity index (χ4n) is 1.50. The summed E-state index contributed by atoms with van der Waals surface area (Å²) in [6, 6.07) is 12.5. The normalized spacial score (nSPS) is 9.24. The largest absolute Gasteiger partial charge is 0.480 e. The molecular weight excluding hydrogens is 394 g/mol. The maximum Gasteiger partial charge on any atom is 0.233 e. The van der Waals surface area contributed by atoms with Crippen LogP contribution in [0.4, 0.5) is 0 Å². The Morgan fingerprint density at radius 1 is 1.47 bits per heavy atom. The molecule has 89 valence electrons. The van der Waals surface area contributed by atoms with Crippen LogP contribution in [-0.2, 0) is 20.1 Å². The molecule has 2 rings (SSSR count). The van der Waals surface area contributed by atoms with E-state index in [-0.39, 0.29) is 20.1 Å². The van der Waals surface area contributed by atoms with Crippen molar-refractivity contribution in [2.24, 2.45) is 0 Å². The second kappa shape index (κ2) is 5.62. The summed E-state index contributed by atoms with van der Waals surface area (Å²) in [5.74, 6) is 0.447. The average Bonchev–Trinajstić information content (AvgIpc) is 2.66. The van der Waals surface area contributed by atoms with E-state index in [1.54, 1.807) is 17.7 Å². The Morgan fingerprint density at radius 2 is 2.24 bits per heavy atom. The second-order valence-corrected chi connectivity index (χ2v) is 3.24. The van der Waals surface area contributed by atoms with Crippen molar-refractivity contribution in [1.82, 2.24) is 9.78 Å². The molecule has 0 aliphatic heterocycles. The van der Waals surface area contributed by atoms with Crippen molar-refractivity contribution < 1.29 is 24.8 Å². The van der Waals surface area contributed by atoms with Crippen molar-refractivity contribution in [3.8, 4) is 17.6 Å². The minimum Gasteiger partial charge on any atom is -0.480 e. The van der Waals surface area contributed by atoms with Crippen LogP contribution < -0.4 is 4.74 Å². The number of aromatic nitrogens is 2. The molecule has 1 aromatic carbocycles. The van der Waals surface area contributed by atoms with Crippen LogP contribution >= 0.6 is 0 Å². The molecule has 1 aromatic heterocycles. The molecule has 0 amide bonds. The standard InChI is InChI=1S/C12H10N3O.Ir/c1-9-11(8-13)12(16-2)15(14-9)10-6-4-3-5-7-10;/h3-6H,1-2H3;/q-1;. The molecule has 0 bridgehead atoms. The maximum atomic E-state index is 9.00. The number of hydrogen-bond donors (Lipinski definition) is 0. The molecule has 0 aliphatic carbocycles. The molecule has 4 nitrogen and oxygen atoms in total. The molecule has 2 aromatic rings. The van der Waals surface area contributed by atoms with Crippen molar-refractivity contribution in [2.45, 2.75) is 6.92 Å². The van der Waals surface area contributed by atoms with Gasteiger partial charge in [-0.1, -0.05) is 0 Å². The van der Waals surface area contributed by atoms with Crippen LogP contribution in [0.2, 0.25) is 0 Å². The van der Waals surface area contributed by atoms with E-state index >= 15 is 0 Å². The summed E-state index contributed by atoms with van der Waals surface area (Å²) in [6.45, 7) is 1.78. The third-order valence-corrected chi connectivity index (χ3v) is 2.24. The van der Waals surface area contributed by atoms with Gasteiger partial charge in [-0.3, -0.25) is 0 Å². The Bertz CT molecular complexity index is 543. The molecule has 0 atom stereocenters. The van der Waals surface area contributed by atoms with Gasteiger partial charge in [0.15, 0.2) is 0 Å². The minimum absolute atomic E-state index is 0. The SMILES string of the molecule is COc1c(C#N)c(C)nn1-c1[c-]cccc1.[Ir]. The molecule has 0 fully saturated rings. The van der Waals surface area contributed by atoms with E-state index < -0.39 is 0 Å². The number of nitrogens with zero attached hydrogens (tertiary/aromatic N) is 3. The Balaban J connectivity index is 0.00000144. The van der Waals surface area contributed by atoms with Gasteiger partial charge in [-0.25, -0.2) is 4.68 Å². The van der Waals surface area contributed by atoms with Gasteiger partial charge in [0.2, 0.25) is 5.88 Å². The van der Waals surface area contributed by atoms with E-state index in [1.165, 1.54) is 7.11 Å². The summed E-state index contributed by atoms with van der Waals surface area (Å²) in [4.78, 5) is 0. The third kappa shape index (κ3) is 2.38. The summed E-state index contributed by atoms with van der Waals surface area (Å²) in [7, 11) is 1.52. The number of aryl methyl sites for hydroxylation is 1. The molecule has 0 saturated heterocycles.